The Kier molecular flexibility index (Phi) is 4.70. The van der Waals surface area contributed by atoms with Crippen LogP contribution in [-0.2, 0) is 0 Å². The highest BCUT2D eigenvalue weighted by Crippen LogP contribution is 2.31. The fourth-order valence-corrected chi connectivity index (χ4v) is 4.36. The highest BCUT2D eigenvalue weighted by atomic mass is 35.5. The molecule has 5 nitrogen and oxygen atoms in total. The number of amides is 2. The van der Waals surface area contributed by atoms with Crippen LogP contribution in [0.5, 0.6) is 0 Å². The third-order valence-electron chi connectivity index (χ3n) is 4.52. The van der Waals surface area contributed by atoms with E-state index in [0.29, 0.717) is 23.8 Å². The molecule has 1 N–H and O–H groups in total. The van der Waals surface area contributed by atoms with Gasteiger partial charge in [0.25, 0.3) is 0 Å². The fraction of sp³-hybridized carbons (Fsp3) is 0.263. The third-order valence-corrected chi connectivity index (χ3v) is 5.84. The van der Waals surface area contributed by atoms with E-state index in [9.17, 15) is 4.79 Å². The van der Waals surface area contributed by atoms with E-state index < -0.39 is 0 Å². The number of rotatable bonds is 2. The summed E-state index contributed by atoms with van der Waals surface area (Å²) in [5.74, 6) is 0. The number of halogens is 1. The molecule has 2 amide bonds. The maximum Gasteiger partial charge on any atom is 0.321 e. The lowest BCUT2D eigenvalue weighted by Crippen LogP contribution is -2.50. The first-order chi connectivity index (χ1) is 12.6. The van der Waals surface area contributed by atoms with Gasteiger partial charge in [0.1, 0.15) is 0 Å². The lowest BCUT2D eigenvalue weighted by Gasteiger charge is -2.34. The van der Waals surface area contributed by atoms with Gasteiger partial charge in [-0.15, -0.1) is 0 Å². The van der Waals surface area contributed by atoms with Crippen LogP contribution in [0.1, 0.15) is 5.56 Å². The number of anilines is 2. The molecule has 7 heteroatoms. The van der Waals surface area contributed by atoms with Crippen molar-refractivity contribution in [2.45, 2.75) is 6.92 Å². The average Bonchev–Trinajstić information content (AvgIpc) is 3.08. The Hall–Kier alpha value is -2.31. The van der Waals surface area contributed by atoms with Gasteiger partial charge in [0, 0.05) is 36.9 Å². The lowest BCUT2D eigenvalue weighted by atomic mass is 10.2. The first-order valence-electron chi connectivity index (χ1n) is 8.53. The van der Waals surface area contributed by atoms with Gasteiger partial charge in [0.05, 0.1) is 10.2 Å². The van der Waals surface area contributed by atoms with Crippen LogP contribution in [0.15, 0.2) is 42.5 Å². The molecule has 0 bridgehead atoms. The third kappa shape index (κ3) is 3.48. The van der Waals surface area contributed by atoms with Crippen molar-refractivity contribution in [3.8, 4) is 0 Å². The quantitative estimate of drug-likeness (QED) is 0.699. The monoisotopic (exact) mass is 386 g/mol. The summed E-state index contributed by atoms with van der Waals surface area (Å²) in [6, 6.07) is 13.4. The smallest absolute Gasteiger partial charge is 0.321 e. The molecule has 1 aromatic heterocycles. The van der Waals surface area contributed by atoms with E-state index in [1.807, 2.05) is 17.0 Å². The summed E-state index contributed by atoms with van der Waals surface area (Å²) in [5, 5.41) is 4.55. The lowest BCUT2D eigenvalue weighted by molar-refractivity contribution is 0.208. The van der Waals surface area contributed by atoms with Crippen LogP contribution in [0.25, 0.3) is 10.2 Å². The number of hydrogen-bond donors (Lipinski definition) is 1. The number of fused-ring (bicyclic) bond motifs is 1. The predicted molar refractivity (Wildman–Crippen MR) is 109 cm³/mol. The van der Waals surface area contributed by atoms with Crippen LogP contribution < -0.4 is 10.2 Å². The number of nitrogens with one attached hydrogen (secondary N) is 1. The molecule has 4 rings (SSSR count). The molecule has 0 aliphatic carbocycles. The number of thiazole rings is 1. The SMILES string of the molecule is Cc1cccc2sc(N3CCN(C(=O)Nc4cccc(Cl)c4)CC3)nc12. The molecule has 2 heterocycles. The molecule has 1 aliphatic rings. The van der Waals surface area contributed by atoms with Crippen molar-refractivity contribution in [3.05, 3.63) is 53.1 Å². The van der Waals surface area contributed by atoms with Crippen molar-refractivity contribution < 1.29 is 4.79 Å². The topological polar surface area (TPSA) is 48.5 Å². The molecule has 26 heavy (non-hydrogen) atoms. The van der Waals surface area contributed by atoms with E-state index in [-0.39, 0.29) is 6.03 Å². The van der Waals surface area contributed by atoms with Gasteiger partial charge in [-0.2, -0.15) is 0 Å². The molecule has 1 saturated heterocycles. The average molecular weight is 387 g/mol. The summed E-state index contributed by atoms with van der Waals surface area (Å²) >= 11 is 7.68. The molecule has 0 spiro atoms. The van der Waals surface area contributed by atoms with Gasteiger partial charge >= 0.3 is 6.03 Å². The summed E-state index contributed by atoms with van der Waals surface area (Å²) in [6.45, 7) is 4.98. The second-order valence-corrected chi connectivity index (χ2v) is 7.78. The molecule has 0 unspecified atom stereocenters. The number of carbonyl (C=O) groups excluding carboxylic acids is 1. The van der Waals surface area contributed by atoms with Gasteiger partial charge in [-0.1, -0.05) is 41.1 Å². The minimum Gasteiger partial charge on any atom is -0.345 e. The second-order valence-electron chi connectivity index (χ2n) is 6.33. The molecule has 134 valence electrons. The van der Waals surface area contributed by atoms with Crippen LogP contribution in [0.3, 0.4) is 0 Å². The molecule has 1 aliphatic heterocycles. The van der Waals surface area contributed by atoms with Crippen LogP contribution in [0.4, 0.5) is 15.6 Å². The number of aryl methyl sites for hydroxylation is 1. The number of hydrogen-bond acceptors (Lipinski definition) is 4. The number of aromatic nitrogens is 1. The Bertz CT molecular complexity index is 950. The van der Waals surface area contributed by atoms with Crippen molar-refractivity contribution >= 4 is 50.0 Å². The Balaban J connectivity index is 1.40. The van der Waals surface area contributed by atoms with Crippen molar-refractivity contribution in [3.63, 3.8) is 0 Å². The zero-order valence-electron chi connectivity index (χ0n) is 14.4. The Morgan fingerprint density at radius 1 is 1.15 bits per heavy atom. The van der Waals surface area contributed by atoms with E-state index in [0.717, 1.165) is 23.7 Å². The molecule has 1 fully saturated rings. The molecule has 2 aromatic carbocycles. The van der Waals surface area contributed by atoms with Crippen molar-refractivity contribution in [2.24, 2.45) is 0 Å². The van der Waals surface area contributed by atoms with Crippen LogP contribution in [0, 0.1) is 6.92 Å². The van der Waals surface area contributed by atoms with E-state index in [4.69, 9.17) is 16.6 Å². The normalized spacial score (nSPS) is 14.7. The highest BCUT2D eigenvalue weighted by molar-refractivity contribution is 7.22. The van der Waals surface area contributed by atoms with E-state index >= 15 is 0 Å². The van der Waals surface area contributed by atoms with Crippen molar-refractivity contribution in [2.75, 3.05) is 36.4 Å². The van der Waals surface area contributed by atoms with Gasteiger partial charge in [-0.3, -0.25) is 0 Å². The first kappa shape index (κ1) is 17.1. The van der Waals surface area contributed by atoms with Gasteiger partial charge < -0.3 is 15.1 Å². The summed E-state index contributed by atoms with van der Waals surface area (Å²) in [6.07, 6.45) is 0. The summed E-state index contributed by atoms with van der Waals surface area (Å²) in [7, 11) is 0. The molecule has 0 atom stereocenters. The van der Waals surface area contributed by atoms with E-state index in [1.165, 1.54) is 10.3 Å². The maximum atomic E-state index is 12.4. The maximum absolute atomic E-state index is 12.4. The zero-order chi connectivity index (χ0) is 18.1. The van der Waals surface area contributed by atoms with Crippen molar-refractivity contribution in [1.82, 2.24) is 9.88 Å². The summed E-state index contributed by atoms with van der Waals surface area (Å²) < 4.78 is 1.21. The number of nitrogens with zero attached hydrogens (tertiary/aromatic N) is 3. The van der Waals surface area contributed by atoms with E-state index in [2.05, 4.69) is 35.3 Å². The number of para-hydroxylation sites is 1. The largest absolute Gasteiger partial charge is 0.345 e. The predicted octanol–water partition coefficient (Wildman–Crippen LogP) is 4.61. The van der Waals surface area contributed by atoms with Crippen LogP contribution >= 0.6 is 22.9 Å². The van der Waals surface area contributed by atoms with Gasteiger partial charge in [-0.25, -0.2) is 9.78 Å². The van der Waals surface area contributed by atoms with Crippen molar-refractivity contribution in [1.29, 1.82) is 0 Å². The molecule has 0 radical (unpaired) electrons. The fourth-order valence-electron chi connectivity index (χ4n) is 3.08. The zero-order valence-corrected chi connectivity index (χ0v) is 16.0. The summed E-state index contributed by atoms with van der Waals surface area (Å²) in [5.41, 5.74) is 2.99. The second kappa shape index (κ2) is 7.13. The molecule has 0 saturated carbocycles. The Morgan fingerprint density at radius 2 is 1.92 bits per heavy atom. The number of piperazine rings is 1. The minimum atomic E-state index is -0.0907. The minimum absolute atomic E-state index is 0.0907. The highest BCUT2D eigenvalue weighted by Gasteiger charge is 2.23. The number of carbonyl (C=O) groups is 1. The number of benzene rings is 2. The van der Waals surface area contributed by atoms with Gasteiger partial charge in [0.2, 0.25) is 0 Å². The van der Waals surface area contributed by atoms with Crippen LogP contribution in [0.2, 0.25) is 5.02 Å². The molecular formula is C19H19ClN4OS. The number of urea groups is 1. The molecular weight excluding hydrogens is 368 g/mol. The van der Waals surface area contributed by atoms with E-state index in [1.54, 1.807) is 23.5 Å². The standard InChI is InChI=1S/C19H19ClN4OS/c1-13-4-2-7-16-17(13)22-19(26-16)24-10-8-23(9-11-24)18(25)21-15-6-3-5-14(20)12-15/h2-7,12H,8-11H2,1H3,(H,21,25). The first-order valence-corrected chi connectivity index (χ1v) is 9.72. The summed E-state index contributed by atoms with van der Waals surface area (Å²) in [4.78, 5) is 21.3. The Labute approximate surface area is 161 Å². The van der Waals surface area contributed by atoms with Crippen LogP contribution in [-0.4, -0.2) is 42.1 Å². The molecule has 3 aromatic rings. The Morgan fingerprint density at radius 3 is 2.65 bits per heavy atom. The van der Waals surface area contributed by atoms with Gasteiger partial charge in [-0.05, 0) is 36.8 Å². The van der Waals surface area contributed by atoms with Gasteiger partial charge in [0.15, 0.2) is 5.13 Å².